The minimum Gasteiger partial charge on any atom is -0.373 e. The number of nitrogens with zero attached hydrogens (tertiary/aromatic N) is 5. The highest BCUT2D eigenvalue weighted by molar-refractivity contribution is 6.30. The molecule has 0 saturated carbocycles. The molecule has 0 spiro atoms. The van der Waals surface area contributed by atoms with Crippen LogP contribution in [0.5, 0.6) is 0 Å². The molecule has 4 aromatic rings. The lowest BCUT2D eigenvalue weighted by Crippen LogP contribution is -2.31. The molecule has 1 aliphatic rings. The first-order valence-corrected chi connectivity index (χ1v) is 11.6. The fourth-order valence-electron chi connectivity index (χ4n) is 4.37. The van der Waals surface area contributed by atoms with Crippen molar-refractivity contribution in [2.75, 3.05) is 6.61 Å². The fourth-order valence-corrected chi connectivity index (χ4v) is 4.53. The summed E-state index contributed by atoms with van der Waals surface area (Å²) < 4.78 is 23.6. The summed E-state index contributed by atoms with van der Waals surface area (Å²) in [6.45, 7) is 3.97. The van der Waals surface area contributed by atoms with E-state index < -0.39 is 11.4 Å². The zero-order valence-electron chi connectivity index (χ0n) is 19.5. The van der Waals surface area contributed by atoms with Crippen LogP contribution >= 0.6 is 11.6 Å². The van der Waals surface area contributed by atoms with Crippen LogP contribution in [0, 0.1) is 19.7 Å². The van der Waals surface area contributed by atoms with Crippen molar-refractivity contribution in [2.24, 2.45) is 7.05 Å². The molecule has 5 rings (SSSR count). The first-order valence-electron chi connectivity index (χ1n) is 11.2. The van der Waals surface area contributed by atoms with Gasteiger partial charge in [-0.3, -0.25) is 14.2 Å². The lowest BCUT2D eigenvalue weighted by Gasteiger charge is -2.29. The van der Waals surface area contributed by atoms with Crippen molar-refractivity contribution < 1.29 is 9.13 Å². The van der Waals surface area contributed by atoms with E-state index in [1.807, 2.05) is 13.0 Å². The zero-order chi connectivity index (χ0) is 24.9. The van der Waals surface area contributed by atoms with Crippen LogP contribution in [-0.4, -0.2) is 30.7 Å². The summed E-state index contributed by atoms with van der Waals surface area (Å²) in [6.07, 6.45) is 2.32. The Hall–Kier alpha value is -3.43. The van der Waals surface area contributed by atoms with Crippen molar-refractivity contribution in [3.05, 3.63) is 90.7 Å². The third kappa shape index (κ3) is 4.26. The third-order valence-electron chi connectivity index (χ3n) is 6.45. The van der Waals surface area contributed by atoms with Crippen molar-refractivity contribution in [3.63, 3.8) is 0 Å². The molecule has 8 nitrogen and oxygen atoms in total. The van der Waals surface area contributed by atoms with E-state index in [2.05, 4.69) is 15.0 Å². The molecule has 1 saturated heterocycles. The van der Waals surface area contributed by atoms with E-state index in [1.54, 1.807) is 26.2 Å². The van der Waals surface area contributed by atoms with Crippen LogP contribution in [0.2, 0.25) is 5.02 Å². The molecule has 0 bridgehead atoms. The number of aryl methyl sites for hydroxylation is 3. The van der Waals surface area contributed by atoms with Gasteiger partial charge in [0.1, 0.15) is 11.5 Å². The van der Waals surface area contributed by atoms with Gasteiger partial charge in [0.05, 0.1) is 23.2 Å². The van der Waals surface area contributed by atoms with Crippen LogP contribution < -0.4 is 11.1 Å². The molecule has 0 radical (unpaired) electrons. The summed E-state index contributed by atoms with van der Waals surface area (Å²) in [5, 5.41) is 0.220. The number of pyridine rings is 1. The van der Waals surface area contributed by atoms with Gasteiger partial charge in [0.15, 0.2) is 11.3 Å². The summed E-state index contributed by atoms with van der Waals surface area (Å²) in [6, 6.07) is 7.50. The maximum absolute atomic E-state index is 15.0. The standard InChI is InChI=1S/C25H23ClFN5O3/c1-13-14(2)29-24-23(28-13)30-22(25(34)32(24)19-5-4-17(26)12-18(19)27)16-7-9-35-20(10-16)15-6-8-31(3)21(33)11-15/h4-6,8,11-12,16,20H,7,9-10H2,1-3H3. The lowest BCUT2D eigenvalue weighted by atomic mass is 9.89. The first-order chi connectivity index (χ1) is 16.7. The zero-order valence-corrected chi connectivity index (χ0v) is 20.2. The molecule has 180 valence electrons. The highest BCUT2D eigenvalue weighted by Crippen LogP contribution is 2.36. The van der Waals surface area contributed by atoms with Gasteiger partial charge in [0.25, 0.3) is 11.1 Å². The average Bonchev–Trinajstić information content (AvgIpc) is 2.83. The van der Waals surface area contributed by atoms with E-state index in [4.69, 9.17) is 16.3 Å². The SMILES string of the molecule is Cc1nc2nc(C3CCOC(c4ccn(C)c(=O)c4)C3)c(=O)n(-c3ccc(Cl)cc3F)c2nc1C. The maximum atomic E-state index is 15.0. The van der Waals surface area contributed by atoms with Crippen LogP contribution in [0.3, 0.4) is 0 Å². The van der Waals surface area contributed by atoms with E-state index in [0.29, 0.717) is 30.8 Å². The molecule has 3 aromatic heterocycles. The maximum Gasteiger partial charge on any atom is 0.278 e. The van der Waals surface area contributed by atoms with E-state index >= 15 is 0 Å². The van der Waals surface area contributed by atoms with Gasteiger partial charge in [0.2, 0.25) is 0 Å². The minimum absolute atomic E-state index is 0.0285. The van der Waals surface area contributed by atoms with Crippen LogP contribution in [0.1, 0.15) is 47.5 Å². The summed E-state index contributed by atoms with van der Waals surface area (Å²) >= 11 is 5.95. The molecule has 1 fully saturated rings. The van der Waals surface area contributed by atoms with Gasteiger partial charge < -0.3 is 9.30 Å². The van der Waals surface area contributed by atoms with E-state index in [9.17, 15) is 14.0 Å². The number of hydrogen-bond acceptors (Lipinski definition) is 6. The highest BCUT2D eigenvalue weighted by atomic mass is 35.5. The number of fused-ring (bicyclic) bond motifs is 1. The van der Waals surface area contributed by atoms with Crippen LogP contribution in [0.25, 0.3) is 17.0 Å². The van der Waals surface area contributed by atoms with Crippen molar-refractivity contribution in [1.82, 2.24) is 24.1 Å². The molecule has 1 aromatic carbocycles. The minimum atomic E-state index is -0.650. The Morgan fingerprint density at radius 3 is 2.60 bits per heavy atom. The molecule has 0 aliphatic carbocycles. The van der Waals surface area contributed by atoms with E-state index in [0.717, 1.165) is 11.6 Å². The Kier molecular flexibility index (Phi) is 5.98. The predicted octanol–water partition coefficient (Wildman–Crippen LogP) is 3.92. The Labute approximate surface area is 205 Å². The Balaban J connectivity index is 1.67. The Bertz CT molecular complexity index is 1580. The molecule has 0 amide bonds. The number of rotatable bonds is 3. The summed E-state index contributed by atoms with van der Waals surface area (Å²) in [5.41, 5.74) is 2.15. The largest absolute Gasteiger partial charge is 0.373 e. The highest BCUT2D eigenvalue weighted by Gasteiger charge is 2.30. The van der Waals surface area contributed by atoms with Gasteiger partial charge in [-0.05, 0) is 56.5 Å². The normalized spacial score (nSPS) is 18.2. The second-order valence-corrected chi connectivity index (χ2v) is 9.20. The first kappa shape index (κ1) is 23.3. The molecule has 4 heterocycles. The van der Waals surface area contributed by atoms with Gasteiger partial charge in [-0.25, -0.2) is 19.3 Å². The fraction of sp³-hybridized carbons (Fsp3) is 0.320. The smallest absolute Gasteiger partial charge is 0.278 e. The molecular weight excluding hydrogens is 473 g/mol. The molecule has 10 heteroatoms. The number of benzene rings is 1. The summed E-state index contributed by atoms with van der Waals surface area (Å²) in [7, 11) is 1.68. The number of aromatic nitrogens is 5. The van der Waals surface area contributed by atoms with Gasteiger partial charge in [0, 0.05) is 36.9 Å². The van der Waals surface area contributed by atoms with Gasteiger partial charge in [-0.2, -0.15) is 0 Å². The average molecular weight is 496 g/mol. The molecule has 0 N–H and O–H groups in total. The summed E-state index contributed by atoms with van der Waals surface area (Å²) in [4.78, 5) is 39.6. The number of hydrogen-bond donors (Lipinski definition) is 0. The lowest BCUT2D eigenvalue weighted by molar-refractivity contribution is 0.00429. The van der Waals surface area contributed by atoms with Crippen LogP contribution in [0.4, 0.5) is 4.39 Å². The second kappa shape index (κ2) is 8.98. The third-order valence-corrected chi connectivity index (χ3v) is 6.69. The van der Waals surface area contributed by atoms with E-state index in [-0.39, 0.29) is 45.3 Å². The summed E-state index contributed by atoms with van der Waals surface area (Å²) in [5.74, 6) is -0.928. The molecule has 1 aliphatic heterocycles. The topological polar surface area (TPSA) is 91.9 Å². The van der Waals surface area contributed by atoms with Crippen LogP contribution in [0.15, 0.2) is 46.1 Å². The van der Waals surface area contributed by atoms with Crippen molar-refractivity contribution in [2.45, 2.75) is 38.7 Å². The van der Waals surface area contributed by atoms with E-state index in [1.165, 1.54) is 21.3 Å². The number of ether oxygens (including phenoxy) is 1. The molecular formula is C25H23ClFN5O3. The van der Waals surface area contributed by atoms with Crippen LogP contribution in [-0.2, 0) is 11.8 Å². The predicted molar refractivity (Wildman–Crippen MR) is 130 cm³/mol. The van der Waals surface area contributed by atoms with Gasteiger partial charge >= 0.3 is 0 Å². The van der Waals surface area contributed by atoms with Crippen molar-refractivity contribution >= 4 is 22.9 Å². The molecule has 2 atom stereocenters. The van der Waals surface area contributed by atoms with Gasteiger partial charge in [-0.15, -0.1) is 0 Å². The molecule has 35 heavy (non-hydrogen) atoms. The van der Waals surface area contributed by atoms with Gasteiger partial charge in [-0.1, -0.05) is 11.6 Å². The van der Waals surface area contributed by atoms with Crippen molar-refractivity contribution in [3.8, 4) is 5.69 Å². The monoisotopic (exact) mass is 495 g/mol. The second-order valence-electron chi connectivity index (χ2n) is 8.76. The number of halogens is 2. The Morgan fingerprint density at radius 1 is 1.09 bits per heavy atom. The molecule has 2 unspecified atom stereocenters. The quantitative estimate of drug-likeness (QED) is 0.428. The van der Waals surface area contributed by atoms with Crippen molar-refractivity contribution in [1.29, 1.82) is 0 Å². The Morgan fingerprint density at radius 2 is 1.86 bits per heavy atom.